The fourth-order valence-electron chi connectivity index (χ4n) is 1.79. The molecule has 0 amide bonds. The van der Waals surface area contributed by atoms with Gasteiger partial charge in [-0.3, -0.25) is 0 Å². The smallest absolute Gasteiger partial charge is 0.107 e. The fraction of sp³-hybridized carbons (Fsp3) is 0.583. The first-order valence-corrected chi connectivity index (χ1v) is 7.56. The Morgan fingerprint density at radius 2 is 2.44 bits per heavy atom. The first kappa shape index (κ1) is 12.0. The van der Waals surface area contributed by atoms with Crippen LogP contribution >= 0.6 is 23.1 Å². The van der Waals surface area contributed by atoms with E-state index in [1.807, 2.05) is 11.3 Å². The van der Waals surface area contributed by atoms with E-state index in [4.69, 9.17) is 6.42 Å². The summed E-state index contributed by atoms with van der Waals surface area (Å²) in [4.78, 5) is 6.15. The molecule has 0 unspecified atom stereocenters. The van der Waals surface area contributed by atoms with Crippen molar-refractivity contribution in [2.75, 3.05) is 18.1 Å². The molecule has 1 aliphatic carbocycles. The van der Waals surface area contributed by atoms with Crippen molar-refractivity contribution in [3.63, 3.8) is 0 Å². The lowest BCUT2D eigenvalue weighted by atomic mass is 10.4. The van der Waals surface area contributed by atoms with Crippen LogP contribution in [0, 0.1) is 12.3 Å². The molecule has 1 N–H and O–H groups in total. The Morgan fingerprint density at radius 3 is 3.25 bits per heavy atom. The van der Waals surface area contributed by atoms with Crippen molar-refractivity contribution < 1.29 is 0 Å². The third-order valence-corrected chi connectivity index (χ3v) is 4.55. The van der Waals surface area contributed by atoms with Crippen molar-refractivity contribution in [1.29, 1.82) is 0 Å². The number of nitrogens with zero attached hydrogens (tertiary/aromatic N) is 1. The van der Waals surface area contributed by atoms with Crippen LogP contribution in [0.5, 0.6) is 0 Å². The average Bonchev–Trinajstić information content (AvgIpc) is 2.83. The lowest BCUT2D eigenvalue weighted by Gasteiger charge is -2.00. The Kier molecular flexibility index (Phi) is 4.70. The largest absolute Gasteiger partial charge is 0.310 e. The molecule has 16 heavy (non-hydrogen) atoms. The van der Waals surface area contributed by atoms with Crippen LogP contribution in [0.25, 0.3) is 0 Å². The van der Waals surface area contributed by atoms with Gasteiger partial charge in [0, 0.05) is 23.7 Å². The summed E-state index contributed by atoms with van der Waals surface area (Å²) in [7, 11) is 0. The van der Waals surface area contributed by atoms with Gasteiger partial charge in [-0.1, -0.05) is 5.92 Å². The predicted octanol–water partition coefficient (Wildman–Crippen LogP) is 2.09. The van der Waals surface area contributed by atoms with Gasteiger partial charge in [0.1, 0.15) is 5.01 Å². The molecule has 0 aliphatic heterocycles. The summed E-state index contributed by atoms with van der Waals surface area (Å²) in [6.45, 7) is 1.92. The molecule has 86 valence electrons. The molecule has 0 saturated carbocycles. The van der Waals surface area contributed by atoms with Crippen molar-refractivity contribution in [3.8, 4) is 12.3 Å². The molecule has 0 aromatic carbocycles. The van der Waals surface area contributed by atoms with Gasteiger partial charge >= 0.3 is 0 Å². The summed E-state index contributed by atoms with van der Waals surface area (Å²) < 4.78 is 0. The Morgan fingerprint density at radius 1 is 1.50 bits per heavy atom. The molecular weight excluding hydrogens is 236 g/mol. The van der Waals surface area contributed by atoms with Crippen LogP contribution < -0.4 is 5.32 Å². The van der Waals surface area contributed by atoms with Crippen LogP contribution in [0.4, 0.5) is 0 Å². The summed E-state index contributed by atoms with van der Waals surface area (Å²) in [6, 6.07) is 0. The van der Waals surface area contributed by atoms with E-state index in [9.17, 15) is 0 Å². The second kappa shape index (κ2) is 6.29. The van der Waals surface area contributed by atoms with Gasteiger partial charge < -0.3 is 5.32 Å². The first-order valence-electron chi connectivity index (χ1n) is 5.59. The number of thioether (sulfide) groups is 1. The lowest BCUT2D eigenvalue weighted by molar-refractivity contribution is 0.724. The van der Waals surface area contributed by atoms with Gasteiger partial charge in [0.15, 0.2) is 0 Å². The highest BCUT2D eigenvalue weighted by molar-refractivity contribution is 7.99. The van der Waals surface area contributed by atoms with Crippen LogP contribution in [-0.2, 0) is 19.4 Å². The van der Waals surface area contributed by atoms with Gasteiger partial charge in [0.25, 0.3) is 0 Å². The van der Waals surface area contributed by atoms with Crippen LogP contribution in [0.15, 0.2) is 0 Å². The topological polar surface area (TPSA) is 24.9 Å². The third kappa shape index (κ3) is 3.24. The standard InChI is InChI=1S/C12H16N2S2/c1-2-7-15-8-6-13-9-12-14-10-4-3-5-11(10)16-12/h1,13H,3-9H2. The normalized spacial score (nSPS) is 13.7. The molecule has 0 fully saturated rings. The number of aryl methyl sites for hydroxylation is 2. The van der Waals surface area contributed by atoms with Crippen molar-refractivity contribution in [1.82, 2.24) is 10.3 Å². The van der Waals surface area contributed by atoms with Gasteiger partial charge in [0.2, 0.25) is 0 Å². The highest BCUT2D eigenvalue weighted by Crippen LogP contribution is 2.27. The van der Waals surface area contributed by atoms with E-state index >= 15 is 0 Å². The summed E-state index contributed by atoms with van der Waals surface area (Å²) >= 11 is 3.67. The monoisotopic (exact) mass is 252 g/mol. The van der Waals surface area contributed by atoms with Crippen LogP contribution in [0.3, 0.4) is 0 Å². The van der Waals surface area contributed by atoms with Crippen molar-refractivity contribution in [3.05, 3.63) is 15.6 Å². The first-order chi connectivity index (χ1) is 7.90. The molecule has 4 heteroatoms. The minimum Gasteiger partial charge on any atom is -0.310 e. The summed E-state index contributed by atoms with van der Waals surface area (Å²) in [6.07, 6.45) is 8.90. The second-order valence-electron chi connectivity index (χ2n) is 3.76. The minimum absolute atomic E-state index is 0.813. The van der Waals surface area contributed by atoms with Gasteiger partial charge in [-0.25, -0.2) is 4.98 Å². The molecule has 0 bridgehead atoms. The molecule has 0 radical (unpaired) electrons. The minimum atomic E-state index is 0.813. The number of fused-ring (bicyclic) bond motifs is 1. The molecule has 0 spiro atoms. The Balaban J connectivity index is 1.64. The van der Waals surface area contributed by atoms with Crippen molar-refractivity contribution >= 4 is 23.1 Å². The zero-order chi connectivity index (χ0) is 11.2. The number of nitrogens with one attached hydrogen (secondary N) is 1. The van der Waals surface area contributed by atoms with Crippen LogP contribution in [0.2, 0.25) is 0 Å². The zero-order valence-electron chi connectivity index (χ0n) is 9.29. The number of hydrogen-bond acceptors (Lipinski definition) is 4. The zero-order valence-corrected chi connectivity index (χ0v) is 10.9. The van der Waals surface area contributed by atoms with E-state index in [1.54, 1.807) is 11.8 Å². The molecule has 1 aromatic heterocycles. The van der Waals surface area contributed by atoms with E-state index in [2.05, 4.69) is 16.2 Å². The Labute approximate surface area is 105 Å². The molecule has 1 heterocycles. The molecule has 0 saturated heterocycles. The summed E-state index contributed by atoms with van der Waals surface area (Å²) in [5.74, 6) is 4.52. The maximum atomic E-state index is 5.18. The Hall–Kier alpha value is -0.500. The lowest BCUT2D eigenvalue weighted by Crippen LogP contribution is -2.16. The van der Waals surface area contributed by atoms with E-state index in [0.717, 1.165) is 24.6 Å². The van der Waals surface area contributed by atoms with E-state index in [0.29, 0.717) is 0 Å². The summed E-state index contributed by atoms with van der Waals surface area (Å²) in [5, 5.41) is 4.65. The summed E-state index contributed by atoms with van der Waals surface area (Å²) in [5.41, 5.74) is 1.35. The number of rotatable bonds is 6. The molecule has 2 rings (SSSR count). The second-order valence-corrected chi connectivity index (χ2v) is 6.04. The molecule has 1 aliphatic rings. The highest BCUT2D eigenvalue weighted by Gasteiger charge is 2.15. The van der Waals surface area contributed by atoms with Gasteiger partial charge in [0.05, 0.1) is 11.4 Å². The van der Waals surface area contributed by atoms with Crippen LogP contribution in [-0.4, -0.2) is 23.0 Å². The molecule has 1 aromatic rings. The van der Waals surface area contributed by atoms with E-state index in [1.165, 1.54) is 34.8 Å². The molecule has 0 atom stereocenters. The SMILES string of the molecule is C#CCSCCNCc1nc2c(s1)CCC2. The van der Waals surface area contributed by atoms with Gasteiger partial charge in [-0.2, -0.15) is 0 Å². The quantitative estimate of drug-likeness (QED) is 0.620. The number of aromatic nitrogens is 1. The highest BCUT2D eigenvalue weighted by atomic mass is 32.2. The predicted molar refractivity (Wildman–Crippen MR) is 72.0 cm³/mol. The average molecular weight is 252 g/mol. The third-order valence-electron chi connectivity index (χ3n) is 2.52. The maximum Gasteiger partial charge on any atom is 0.107 e. The van der Waals surface area contributed by atoms with E-state index in [-0.39, 0.29) is 0 Å². The number of terminal acetylenes is 1. The number of thiazole rings is 1. The molecule has 2 nitrogen and oxygen atoms in total. The Bertz CT molecular complexity index is 357. The van der Waals surface area contributed by atoms with E-state index < -0.39 is 0 Å². The fourth-order valence-corrected chi connectivity index (χ4v) is 3.47. The van der Waals surface area contributed by atoms with Crippen molar-refractivity contribution in [2.45, 2.75) is 25.8 Å². The molecular formula is C12H16N2S2. The van der Waals surface area contributed by atoms with Gasteiger partial charge in [-0.05, 0) is 19.3 Å². The van der Waals surface area contributed by atoms with Crippen LogP contribution in [0.1, 0.15) is 22.0 Å². The maximum absolute atomic E-state index is 5.18. The number of hydrogen-bond donors (Lipinski definition) is 1. The van der Waals surface area contributed by atoms with Gasteiger partial charge in [-0.15, -0.1) is 29.5 Å². The van der Waals surface area contributed by atoms with Crippen molar-refractivity contribution in [2.24, 2.45) is 0 Å².